The molecule has 0 aromatic heterocycles. The lowest BCUT2D eigenvalue weighted by Crippen LogP contribution is -2.48. The van der Waals surface area contributed by atoms with E-state index in [0.29, 0.717) is 17.0 Å². The summed E-state index contributed by atoms with van der Waals surface area (Å²) in [6.45, 7) is 3.55. The Labute approximate surface area is 126 Å². The van der Waals surface area contributed by atoms with Crippen LogP contribution < -0.4 is 5.32 Å². The second-order valence-corrected chi connectivity index (χ2v) is 5.41. The molecule has 0 spiro atoms. The number of nitrogens with zero attached hydrogens (tertiary/aromatic N) is 1. The Balaban J connectivity index is 2.17. The van der Waals surface area contributed by atoms with Gasteiger partial charge in [-0.15, -0.1) is 0 Å². The molecule has 1 atom stereocenters. The fourth-order valence-corrected chi connectivity index (χ4v) is 2.66. The van der Waals surface area contributed by atoms with E-state index in [2.05, 4.69) is 5.32 Å². The smallest absolute Gasteiger partial charge is 0.324 e. The summed E-state index contributed by atoms with van der Waals surface area (Å²) in [7, 11) is 0. The minimum absolute atomic E-state index is 0.0524. The molecule has 0 aliphatic carbocycles. The van der Waals surface area contributed by atoms with Gasteiger partial charge in [-0.25, -0.2) is 0 Å². The Kier molecular flexibility index (Phi) is 4.44. The maximum absolute atomic E-state index is 12.6. The molecule has 1 aromatic rings. The molecule has 1 heterocycles. The van der Waals surface area contributed by atoms with Crippen LogP contribution in [0.4, 0.5) is 18.9 Å². The Morgan fingerprint density at radius 2 is 1.82 bits per heavy atom. The minimum Gasteiger partial charge on any atom is -0.324 e. The number of anilines is 1. The first kappa shape index (κ1) is 16.3. The molecule has 0 bridgehead atoms. The van der Waals surface area contributed by atoms with Crippen LogP contribution in [0.2, 0.25) is 0 Å². The Morgan fingerprint density at radius 1 is 1.23 bits per heavy atom. The number of nitrogens with one attached hydrogen (secondary N) is 1. The molecule has 4 nitrogen and oxygen atoms in total. The number of aryl methyl sites for hydroxylation is 2. The van der Waals surface area contributed by atoms with E-state index in [1.165, 1.54) is 0 Å². The fourth-order valence-electron chi connectivity index (χ4n) is 2.66. The van der Waals surface area contributed by atoms with Gasteiger partial charge in [0.15, 0.2) is 0 Å². The highest BCUT2D eigenvalue weighted by Gasteiger charge is 2.47. The van der Waals surface area contributed by atoms with Crippen LogP contribution in [0.5, 0.6) is 0 Å². The summed E-state index contributed by atoms with van der Waals surface area (Å²) in [5.41, 5.74) is 2.22. The number of rotatable bonds is 2. The topological polar surface area (TPSA) is 49.4 Å². The predicted octanol–water partition coefficient (Wildman–Crippen LogP) is 2.80. The van der Waals surface area contributed by atoms with Crippen molar-refractivity contribution in [1.29, 1.82) is 0 Å². The molecular formula is C15H17F3N2O2. The van der Waals surface area contributed by atoms with E-state index in [-0.39, 0.29) is 13.0 Å². The van der Waals surface area contributed by atoms with Crippen molar-refractivity contribution in [3.05, 3.63) is 29.3 Å². The summed E-state index contributed by atoms with van der Waals surface area (Å²) in [6, 6.07) is 4.36. The Bertz CT molecular complexity index is 579. The van der Waals surface area contributed by atoms with E-state index in [9.17, 15) is 22.8 Å². The largest absolute Gasteiger partial charge is 0.471 e. The minimum atomic E-state index is -4.96. The van der Waals surface area contributed by atoms with E-state index in [1.54, 1.807) is 26.0 Å². The van der Waals surface area contributed by atoms with Gasteiger partial charge in [0.1, 0.15) is 6.04 Å². The van der Waals surface area contributed by atoms with Crippen LogP contribution in [0, 0.1) is 13.8 Å². The van der Waals surface area contributed by atoms with Crippen LogP contribution in [-0.4, -0.2) is 35.5 Å². The molecule has 1 saturated heterocycles. The van der Waals surface area contributed by atoms with E-state index in [4.69, 9.17) is 0 Å². The zero-order valence-electron chi connectivity index (χ0n) is 12.3. The van der Waals surface area contributed by atoms with Gasteiger partial charge in [0.05, 0.1) is 0 Å². The molecule has 0 radical (unpaired) electrons. The molecule has 1 unspecified atom stereocenters. The van der Waals surface area contributed by atoms with Crippen LogP contribution in [0.15, 0.2) is 18.2 Å². The molecule has 2 rings (SSSR count). The third kappa shape index (κ3) is 3.23. The Morgan fingerprint density at radius 3 is 2.36 bits per heavy atom. The van der Waals surface area contributed by atoms with Gasteiger partial charge in [0, 0.05) is 12.2 Å². The number of hydrogen-bond acceptors (Lipinski definition) is 2. The van der Waals surface area contributed by atoms with Gasteiger partial charge in [-0.1, -0.05) is 18.2 Å². The molecule has 120 valence electrons. The first-order valence-corrected chi connectivity index (χ1v) is 6.96. The van der Waals surface area contributed by atoms with Gasteiger partial charge >= 0.3 is 12.1 Å². The Hall–Kier alpha value is -2.05. The number of alkyl halides is 3. The number of para-hydroxylation sites is 1. The zero-order valence-corrected chi connectivity index (χ0v) is 12.3. The molecule has 1 fully saturated rings. The number of hydrogen-bond donors (Lipinski definition) is 1. The van der Waals surface area contributed by atoms with Crippen LogP contribution >= 0.6 is 0 Å². The summed E-state index contributed by atoms with van der Waals surface area (Å²) in [6.07, 6.45) is -4.34. The van der Waals surface area contributed by atoms with Gasteiger partial charge in [0.2, 0.25) is 5.91 Å². The maximum atomic E-state index is 12.6. The third-order valence-electron chi connectivity index (χ3n) is 3.79. The number of halogens is 3. The van der Waals surface area contributed by atoms with Crippen molar-refractivity contribution in [1.82, 2.24) is 4.90 Å². The van der Waals surface area contributed by atoms with Gasteiger partial charge in [0.25, 0.3) is 0 Å². The van der Waals surface area contributed by atoms with Crippen molar-refractivity contribution >= 4 is 17.5 Å². The van der Waals surface area contributed by atoms with E-state index in [0.717, 1.165) is 11.1 Å². The zero-order chi connectivity index (χ0) is 16.5. The van der Waals surface area contributed by atoms with Crippen LogP contribution in [0.1, 0.15) is 24.0 Å². The van der Waals surface area contributed by atoms with Crippen molar-refractivity contribution in [3.63, 3.8) is 0 Å². The lowest BCUT2D eigenvalue weighted by molar-refractivity contribution is -0.186. The summed E-state index contributed by atoms with van der Waals surface area (Å²) in [5, 5.41) is 2.66. The number of carbonyl (C=O) groups excluding carboxylic acids is 2. The van der Waals surface area contributed by atoms with E-state index in [1.807, 2.05) is 6.07 Å². The summed E-state index contributed by atoms with van der Waals surface area (Å²) in [5.74, 6) is -2.53. The summed E-state index contributed by atoms with van der Waals surface area (Å²) >= 11 is 0. The van der Waals surface area contributed by atoms with Crippen molar-refractivity contribution in [2.75, 3.05) is 11.9 Å². The SMILES string of the molecule is Cc1cccc(C)c1NC(=O)C1CCCN1C(=O)C(F)(F)F. The highest BCUT2D eigenvalue weighted by Crippen LogP contribution is 2.27. The number of likely N-dealkylation sites (tertiary alicyclic amines) is 1. The van der Waals surface area contributed by atoms with Gasteiger partial charge < -0.3 is 10.2 Å². The standard InChI is InChI=1S/C15H17F3N2O2/c1-9-5-3-6-10(2)12(9)19-13(21)11-7-4-8-20(11)14(22)15(16,17)18/h3,5-6,11H,4,7-8H2,1-2H3,(H,19,21). The molecule has 2 amide bonds. The first-order valence-electron chi connectivity index (χ1n) is 6.96. The van der Waals surface area contributed by atoms with E-state index >= 15 is 0 Å². The number of benzene rings is 1. The molecule has 1 aliphatic heterocycles. The first-order chi connectivity index (χ1) is 10.2. The van der Waals surface area contributed by atoms with Crippen LogP contribution in [0.3, 0.4) is 0 Å². The molecule has 22 heavy (non-hydrogen) atoms. The normalized spacial score (nSPS) is 18.4. The molecule has 0 saturated carbocycles. The van der Waals surface area contributed by atoms with Crippen molar-refractivity contribution in [2.24, 2.45) is 0 Å². The predicted molar refractivity (Wildman–Crippen MR) is 75.3 cm³/mol. The van der Waals surface area contributed by atoms with Gasteiger partial charge in [-0.3, -0.25) is 9.59 Å². The van der Waals surface area contributed by atoms with Crippen molar-refractivity contribution in [2.45, 2.75) is 38.9 Å². The lowest BCUT2D eigenvalue weighted by atomic mass is 10.1. The van der Waals surface area contributed by atoms with E-state index < -0.39 is 24.0 Å². The average molecular weight is 314 g/mol. The maximum Gasteiger partial charge on any atom is 0.471 e. The monoisotopic (exact) mass is 314 g/mol. The summed E-state index contributed by atoms with van der Waals surface area (Å²) < 4.78 is 37.7. The summed E-state index contributed by atoms with van der Waals surface area (Å²) in [4.78, 5) is 24.3. The number of amides is 2. The number of carbonyl (C=O) groups is 2. The second kappa shape index (κ2) is 5.98. The van der Waals surface area contributed by atoms with Crippen molar-refractivity contribution in [3.8, 4) is 0 Å². The highest BCUT2D eigenvalue weighted by molar-refractivity contribution is 5.99. The highest BCUT2D eigenvalue weighted by atomic mass is 19.4. The van der Waals surface area contributed by atoms with Crippen molar-refractivity contribution < 1.29 is 22.8 Å². The lowest BCUT2D eigenvalue weighted by Gasteiger charge is -2.25. The van der Waals surface area contributed by atoms with Gasteiger partial charge in [-0.05, 0) is 37.8 Å². The second-order valence-electron chi connectivity index (χ2n) is 5.41. The molecule has 1 aromatic carbocycles. The third-order valence-corrected chi connectivity index (χ3v) is 3.79. The molecular weight excluding hydrogens is 297 g/mol. The molecule has 1 aliphatic rings. The van der Waals surface area contributed by atoms with Crippen LogP contribution in [-0.2, 0) is 9.59 Å². The van der Waals surface area contributed by atoms with Crippen LogP contribution in [0.25, 0.3) is 0 Å². The van der Waals surface area contributed by atoms with Gasteiger partial charge in [-0.2, -0.15) is 13.2 Å². The fraction of sp³-hybridized carbons (Fsp3) is 0.467. The quantitative estimate of drug-likeness (QED) is 0.912. The average Bonchev–Trinajstić information content (AvgIpc) is 2.90. The molecule has 1 N–H and O–H groups in total. The molecule has 7 heteroatoms.